The minimum absolute atomic E-state index is 0.222. The van der Waals surface area contributed by atoms with Gasteiger partial charge in [0.2, 0.25) is 0 Å². The van der Waals surface area contributed by atoms with Gasteiger partial charge < -0.3 is 15.1 Å². The minimum Gasteiger partial charge on any atom is -0.481 e. The van der Waals surface area contributed by atoms with Crippen LogP contribution in [0.2, 0.25) is 0 Å². The molecule has 0 fully saturated rings. The Labute approximate surface area is 119 Å². The topological polar surface area (TPSA) is 90.7 Å². The highest BCUT2D eigenvalue weighted by Crippen LogP contribution is 2.14. The monoisotopic (exact) mass is 282 g/mol. The number of carboxylic acid groups (broad SMARTS) is 2. The lowest BCUT2D eigenvalue weighted by atomic mass is 10.2. The molecule has 2 N–H and O–H groups in total. The molecular weight excluding hydrogens is 260 g/mol. The number of aromatic nitrogens is 1. The second kappa shape index (κ2) is 8.90. The zero-order valence-electron chi connectivity index (χ0n) is 12.4. The van der Waals surface area contributed by atoms with E-state index >= 15 is 0 Å². The molecule has 1 heterocycles. The van der Waals surface area contributed by atoms with Gasteiger partial charge >= 0.3 is 11.9 Å². The molecule has 6 nitrogen and oxygen atoms in total. The number of hydrogen-bond donors (Lipinski definition) is 2. The largest absolute Gasteiger partial charge is 0.481 e. The first-order valence-electron chi connectivity index (χ1n) is 6.54. The van der Waals surface area contributed by atoms with Gasteiger partial charge in [-0.05, 0) is 32.9 Å². The van der Waals surface area contributed by atoms with Crippen molar-refractivity contribution in [3.05, 3.63) is 23.4 Å². The molecule has 112 valence electrons. The predicted molar refractivity (Wildman–Crippen MR) is 77.4 cm³/mol. The number of carbonyl (C=O) groups is 2. The molecule has 0 aromatic carbocycles. The molecule has 0 spiro atoms. The van der Waals surface area contributed by atoms with Crippen molar-refractivity contribution in [1.82, 2.24) is 4.98 Å². The maximum absolute atomic E-state index is 10.9. The molecule has 0 saturated heterocycles. The summed E-state index contributed by atoms with van der Waals surface area (Å²) in [5.41, 5.74) is 1.03. The SMILES string of the molecule is CCC(=O)O.CCN(CC)c1cc(C(=O)O)cc(C)n1. The second-order valence-electron chi connectivity index (χ2n) is 4.08. The Bertz CT molecular complexity index is 456. The molecule has 0 amide bonds. The van der Waals surface area contributed by atoms with Crippen LogP contribution >= 0.6 is 0 Å². The standard InChI is InChI=1S/C11H16N2O2.C3H6O2/c1-4-13(5-2)10-7-9(11(14)15)6-8(3)12-10;1-2-3(4)5/h6-7H,4-5H2,1-3H3,(H,14,15);2H2,1H3,(H,4,5). The number of aryl methyl sites for hydroxylation is 1. The third-order valence-electron chi connectivity index (χ3n) is 2.58. The van der Waals surface area contributed by atoms with Crippen molar-refractivity contribution in [2.75, 3.05) is 18.0 Å². The van der Waals surface area contributed by atoms with Crippen molar-refractivity contribution in [2.45, 2.75) is 34.1 Å². The Morgan fingerprint density at radius 3 is 2.00 bits per heavy atom. The van der Waals surface area contributed by atoms with E-state index in [0.717, 1.165) is 24.6 Å². The molecule has 0 saturated carbocycles. The van der Waals surface area contributed by atoms with Crippen LogP contribution in [0.25, 0.3) is 0 Å². The van der Waals surface area contributed by atoms with E-state index in [1.807, 2.05) is 18.7 Å². The summed E-state index contributed by atoms with van der Waals surface area (Å²) in [6.07, 6.45) is 0.222. The lowest BCUT2D eigenvalue weighted by molar-refractivity contribution is -0.136. The summed E-state index contributed by atoms with van der Waals surface area (Å²) < 4.78 is 0. The van der Waals surface area contributed by atoms with Crippen molar-refractivity contribution in [1.29, 1.82) is 0 Å². The maximum atomic E-state index is 10.9. The Morgan fingerprint density at radius 1 is 1.15 bits per heavy atom. The molecule has 1 rings (SSSR count). The molecule has 0 unspecified atom stereocenters. The Hall–Kier alpha value is -2.11. The molecule has 0 radical (unpaired) electrons. The van der Waals surface area contributed by atoms with Crippen LogP contribution in [0, 0.1) is 6.92 Å². The fraction of sp³-hybridized carbons (Fsp3) is 0.500. The van der Waals surface area contributed by atoms with Crippen LogP contribution in [0.4, 0.5) is 5.82 Å². The molecule has 1 aromatic heterocycles. The van der Waals surface area contributed by atoms with Gasteiger partial charge in [-0.15, -0.1) is 0 Å². The van der Waals surface area contributed by atoms with E-state index in [0.29, 0.717) is 5.56 Å². The molecule has 1 aromatic rings. The number of hydrogen-bond acceptors (Lipinski definition) is 4. The highest BCUT2D eigenvalue weighted by atomic mass is 16.4. The minimum atomic E-state index is -0.908. The van der Waals surface area contributed by atoms with Gasteiger partial charge in [-0.3, -0.25) is 4.79 Å². The Balaban J connectivity index is 0.000000621. The highest BCUT2D eigenvalue weighted by molar-refractivity contribution is 5.88. The number of aromatic carboxylic acids is 1. The third kappa shape index (κ3) is 6.17. The number of aliphatic carboxylic acids is 1. The fourth-order valence-corrected chi connectivity index (χ4v) is 1.48. The Kier molecular flexibility index (Phi) is 7.96. The van der Waals surface area contributed by atoms with E-state index in [4.69, 9.17) is 10.2 Å². The van der Waals surface area contributed by atoms with Gasteiger partial charge in [-0.25, -0.2) is 9.78 Å². The average molecular weight is 282 g/mol. The van der Waals surface area contributed by atoms with E-state index < -0.39 is 11.9 Å². The number of anilines is 1. The summed E-state index contributed by atoms with van der Waals surface area (Å²) in [6.45, 7) is 9.10. The third-order valence-corrected chi connectivity index (χ3v) is 2.58. The van der Waals surface area contributed by atoms with Gasteiger partial charge in [0.05, 0.1) is 5.56 Å². The molecule has 0 aliphatic carbocycles. The van der Waals surface area contributed by atoms with Gasteiger partial charge in [0.1, 0.15) is 5.82 Å². The summed E-state index contributed by atoms with van der Waals surface area (Å²) in [4.78, 5) is 26.6. The van der Waals surface area contributed by atoms with Gasteiger partial charge in [-0.2, -0.15) is 0 Å². The average Bonchev–Trinajstić information content (AvgIpc) is 2.40. The second-order valence-corrected chi connectivity index (χ2v) is 4.08. The number of carboxylic acids is 2. The van der Waals surface area contributed by atoms with Crippen molar-refractivity contribution in [3.8, 4) is 0 Å². The first-order chi connectivity index (χ1) is 9.35. The van der Waals surface area contributed by atoms with E-state index in [-0.39, 0.29) is 6.42 Å². The lowest BCUT2D eigenvalue weighted by Crippen LogP contribution is -2.23. The van der Waals surface area contributed by atoms with Gasteiger partial charge in [0, 0.05) is 25.2 Å². The van der Waals surface area contributed by atoms with Crippen LogP contribution in [-0.4, -0.2) is 40.2 Å². The molecule has 0 aliphatic rings. The maximum Gasteiger partial charge on any atom is 0.335 e. The Morgan fingerprint density at radius 2 is 1.65 bits per heavy atom. The summed E-state index contributed by atoms with van der Waals surface area (Å²) in [6, 6.07) is 3.19. The molecule has 0 aliphatic heterocycles. The van der Waals surface area contributed by atoms with Crippen molar-refractivity contribution in [3.63, 3.8) is 0 Å². The van der Waals surface area contributed by atoms with Crippen LogP contribution in [0.1, 0.15) is 43.2 Å². The zero-order chi connectivity index (χ0) is 15.7. The van der Waals surface area contributed by atoms with Crippen LogP contribution in [0.5, 0.6) is 0 Å². The lowest BCUT2D eigenvalue weighted by Gasteiger charge is -2.20. The van der Waals surface area contributed by atoms with E-state index in [1.165, 1.54) is 0 Å². The number of nitrogens with zero attached hydrogens (tertiary/aromatic N) is 2. The van der Waals surface area contributed by atoms with Crippen LogP contribution in [0.15, 0.2) is 12.1 Å². The zero-order valence-corrected chi connectivity index (χ0v) is 12.4. The fourth-order valence-electron chi connectivity index (χ4n) is 1.48. The van der Waals surface area contributed by atoms with Gasteiger partial charge in [0.15, 0.2) is 0 Å². The molecule has 0 atom stereocenters. The molecular formula is C14H22N2O4. The van der Waals surface area contributed by atoms with E-state index in [2.05, 4.69) is 4.98 Å². The molecule has 0 bridgehead atoms. The first kappa shape index (κ1) is 17.9. The van der Waals surface area contributed by atoms with Crippen molar-refractivity contribution in [2.24, 2.45) is 0 Å². The smallest absolute Gasteiger partial charge is 0.335 e. The van der Waals surface area contributed by atoms with E-state index in [1.54, 1.807) is 26.0 Å². The van der Waals surface area contributed by atoms with Crippen LogP contribution < -0.4 is 4.90 Å². The van der Waals surface area contributed by atoms with Gasteiger partial charge in [-0.1, -0.05) is 6.92 Å². The molecule has 6 heteroatoms. The number of rotatable bonds is 5. The van der Waals surface area contributed by atoms with Crippen molar-refractivity contribution >= 4 is 17.8 Å². The van der Waals surface area contributed by atoms with E-state index in [9.17, 15) is 9.59 Å². The summed E-state index contributed by atoms with van der Waals surface area (Å²) in [5.74, 6) is -0.920. The van der Waals surface area contributed by atoms with Gasteiger partial charge in [0.25, 0.3) is 0 Å². The summed E-state index contributed by atoms with van der Waals surface area (Å²) in [5, 5.41) is 16.6. The number of pyridine rings is 1. The highest BCUT2D eigenvalue weighted by Gasteiger charge is 2.09. The van der Waals surface area contributed by atoms with Crippen LogP contribution in [-0.2, 0) is 4.79 Å². The predicted octanol–water partition coefficient (Wildman–Crippen LogP) is 2.42. The van der Waals surface area contributed by atoms with Crippen molar-refractivity contribution < 1.29 is 19.8 Å². The normalized spacial score (nSPS) is 9.40. The molecule has 20 heavy (non-hydrogen) atoms. The first-order valence-corrected chi connectivity index (χ1v) is 6.54. The summed E-state index contributed by atoms with van der Waals surface area (Å²) in [7, 11) is 0. The van der Waals surface area contributed by atoms with Crippen LogP contribution in [0.3, 0.4) is 0 Å². The quantitative estimate of drug-likeness (QED) is 0.861. The summed E-state index contributed by atoms with van der Waals surface area (Å²) >= 11 is 0.